The Bertz CT molecular complexity index is 1220. The minimum atomic E-state index is -4.41. The van der Waals surface area contributed by atoms with Crippen LogP contribution in [0.2, 0.25) is 0 Å². The molecule has 0 aliphatic carbocycles. The maximum atomic E-state index is 12.9. The molecule has 31 heavy (non-hydrogen) atoms. The van der Waals surface area contributed by atoms with Crippen LogP contribution in [0.5, 0.6) is 0 Å². The molecule has 0 radical (unpaired) electrons. The van der Waals surface area contributed by atoms with Crippen LogP contribution in [0.15, 0.2) is 48.9 Å². The zero-order valence-electron chi connectivity index (χ0n) is 16.7. The number of aryl methyl sites for hydroxylation is 1. The zero-order chi connectivity index (χ0) is 22.4. The highest BCUT2D eigenvalue weighted by Gasteiger charge is 2.31. The van der Waals surface area contributed by atoms with Crippen LogP contribution in [0.3, 0.4) is 0 Å². The van der Waals surface area contributed by atoms with E-state index in [1.807, 2.05) is 25.4 Å². The van der Waals surface area contributed by atoms with E-state index in [4.69, 9.17) is 0 Å². The van der Waals surface area contributed by atoms with Gasteiger partial charge in [-0.05, 0) is 47.5 Å². The number of aromatic nitrogens is 2. The molecule has 0 spiro atoms. The number of hydrogen-bond donors (Lipinski definition) is 2. The quantitative estimate of drug-likeness (QED) is 0.621. The number of anilines is 2. The van der Waals surface area contributed by atoms with Gasteiger partial charge in [0.1, 0.15) is 0 Å². The molecule has 164 valence electrons. The third-order valence-electron chi connectivity index (χ3n) is 5.10. The van der Waals surface area contributed by atoms with E-state index >= 15 is 0 Å². The molecule has 0 amide bonds. The van der Waals surface area contributed by atoms with Gasteiger partial charge in [-0.2, -0.15) is 25.9 Å². The largest absolute Gasteiger partial charge is 0.416 e. The zero-order valence-corrected chi connectivity index (χ0v) is 17.5. The van der Waals surface area contributed by atoms with Gasteiger partial charge in [-0.25, -0.2) is 9.71 Å². The molecule has 0 saturated carbocycles. The molecule has 11 heteroatoms. The first-order valence-corrected chi connectivity index (χ1v) is 10.8. The fourth-order valence-corrected chi connectivity index (χ4v) is 4.36. The first kappa shape index (κ1) is 21.3. The van der Waals surface area contributed by atoms with E-state index < -0.39 is 21.9 Å². The van der Waals surface area contributed by atoms with Gasteiger partial charge in [0, 0.05) is 50.3 Å². The van der Waals surface area contributed by atoms with Crippen molar-refractivity contribution >= 4 is 21.6 Å². The SMILES string of the molecule is CNS(=O)(=O)N1Cc2cc(Nc3ccc(C(F)(F)F)cc3)c(-c3cn(C)cn3)cc2C1. The summed E-state index contributed by atoms with van der Waals surface area (Å²) in [5.74, 6) is 0. The molecule has 0 bridgehead atoms. The van der Waals surface area contributed by atoms with Crippen molar-refractivity contribution in [3.8, 4) is 11.3 Å². The summed E-state index contributed by atoms with van der Waals surface area (Å²) in [6.45, 7) is 0.418. The highest BCUT2D eigenvalue weighted by molar-refractivity contribution is 7.87. The molecule has 0 unspecified atom stereocenters. The molecular weight excluding hydrogens is 431 g/mol. The van der Waals surface area contributed by atoms with E-state index in [1.54, 1.807) is 10.9 Å². The Hall–Kier alpha value is -2.89. The summed E-state index contributed by atoms with van der Waals surface area (Å²) in [6, 6.07) is 8.43. The molecule has 1 aliphatic rings. The number of nitrogens with one attached hydrogen (secondary N) is 2. The van der Waals surface area contributed by atoms with E-state index in [1.165, 1.54) is 23.5 Å². The van der Waals surface area contributed by atoms with Crippen LogP contribution in [0, 0.1) is 0 Å². The van der Waals surface area contributed by atoms with Crippen molar-refractivity contribution in [2.45, 2.75) is 19.3 Å². The second kappa shape index (κ2) is 7.66. The Labute approximate surface area is 177 Å². The van der Waals surface area contributed by atoms with Gasteiger partial charge in [0.05, 0.1) is 17.6 Å². The topological polar surface area (TPSA) is 79.3 Å². The molecule has 1 aromatic heterocycles. The lowest BCUT2D eigenvalue weighted by Gasteiger charge is -2.14. The highest BCUT2D eigenvalue weighted by Crippen LogP contribution is 2.37. The second-order valence-electron chi connectivity index (χ2n) is 7.27. The van der Waals surface area contributed by atoms with Crippen molar-refractivity contribution in [3.63, 3.8) is 0 Å². The maximum Gasteiger partial charge on any atom is 0.416 e. The van der Waals surface area contributed by atoms with Gasteiger partial charge >= 0.3 is 6.18 Å². The van der Waals surface area contributed by atoms with Crippen LogP contribution in [0.25, 0.3) is 11.3 Å². The van der Waals surface area contributed by atoms with Crippen molar-refractivity contribution in [3.05, 3.63) is 65.6 Å². The smallest absolute Gasteiger partial charge is 0.355 e. The molecule has 4 rings (SSSR count). The first-order valence-electron chi connectivity index (χ1n) is 9.34. The van der Waals surface area contributed by atoms with Gasteiger partial charge in [-0.1, -0.05) is 0 Å². The van der Waals surface area contributed by atoms with Crippen molar-refractivity contribution < 1.29 is 21.6 Å². The van der Waals surface area contributed by atoms with Gasteiger partial charge in [-0.3, -0.25) is 0 Å². The van der Waals surface area contributed by atoms with E-state index in [0.717, 1.165) is 28.8 Å². The van der Waals surface area contributed by atoms with Crippen molar-refractivity contribution in [1.82, 2.24) is 18.6 Å². The van der Waals surface area contributed by atoms with Crippen molar-refractivity contribution in [2.24, 2.45) is 7.05 Å². The number of benzene rings is 2. The van der Waals surface area contributed by atoms with Gasteiger partial charge < -0.3 is 9.88 Å². The summed E-state index contributed by atoms with van der Waals surface area (Å²) in [4.78, 5) is 4.37. The van der Waals surface area contributed by atoms with Gasteiger partial charge in [0.2, 0.25) is 0 Å². The Morgan fingerprint density at radius 2 is 1.71 bits per heavy atom. The summed E-state index contributed by atoms with van der Waals surface area (Å²) in [6.07, 6.45) is -0.952. The number of rotatable bonds is 5. The summed E-state index contributed by atoms with van der Waals surface area (Å²) < 4.78 is 68.4. The normalized spacial score (nSPS) is 14.6. The average molecular weight is 451 g/mol. The van der Waals surface area contributed by atoms with E-state index in [9.17, 15) is 21.6 Å². The number of imidazole rings is 1. The van der Waals surface area contributed by atoms with Crippen LogP contribution in [-0.2, 0) is 36.5 Å². The minimum absolute atomic E-state index is 0.197. The van der Waals surface area contributed by atoms with Crippen LogP contribution in [-0.4, -0.2) is 29.3 Å². The molecule has 2 heterocycles. The third kappa shape index (κ3) is 4.29. The number of hydrogen-bond acceptors (Lipinski definition) is 4. The molecule has 2 N–H and O–H groups in total. The highest BCUT2D eigenvalue weighted by atomic mass is 32.2. The minimum Gasteiger partial charge on any atom is -0.355 e. The van der Waals surface area contributed by atoms with Crippen LogP contribution in [0.1, 0.15) is 16.7 Å². The van der Waals surface area contributed by atoms with E-state index in [-0.39, 0.29) is 13.1 Å². The number of alkyl halides is 3. The standard InChI is InChI=1S/C20H20F3N5O2S/c1-24-31(29,30)28-9-13-7-17(19-11-27(2)12-25-19)18(8-14(13)10-28)26-16-5-3-15(4-6-16)20(21,22)23/h3-8,11-12,24,26H,9-10H2,1-2H3. The lowest BCUT2D eigenvalue weighted by molar-refractivity contribution is -0.137. The van der Waals surface area contributed by atoms with Crippen LogP contribution < -0.4 is 10.0 Å². The van der Waals surface area contributed by atoms with Crippen molar-refractivity contribution in [2.75, 3.05) is 12.4 Å². The predicted molar refractivity (Wildman–Crippen MR) is 111 cm³/mol. The lowest BCUT2D eigenvalue weighted by atomic mass is 10.0. The molecule has 2 aromatic carbocycles. The fourth-order valence-electron chi connectivity index (χ4n) is 3.48. The third-order valence-corrected chi connectivity index (χ3v) is 6.56. The Morgan fingerprint density at radius 3 is 2.26 bits per heavy atom. The van der Waals surface area contributed by atoms with Gasteiger partial charge in [-0.15, -0.1) is 0 Å². The first-order chi connectivity index (χ1) is 14.6. The van der Waals surface area contributed by atoms with E-state index in [0.29, 0.717) is 17.1 Å². The number of nitrogens with zero attached hydrogens (tertiary/aromatic N) is 3. The number of fused-ring (bicyclic) bond motifs is 1. The maximum absolute atomic E-state index is 12.9. The number of halogens is 3. The predicted octanol–water partition coefficient (Wildman–Crippen LogP) is 3.63. The van der Waals surface area contributed by atoms with Gasteiger partial charge in [0.15, 0.2) is 0 Å². The van der Waals surface area contributed by atoms with Crippen molar-refractivity contribution in [1.29, 1.82) is 0 Å². The van der Waals surface area contributed by atoms with Crippen LogP contribution in [0.4, 0.5) is 24.5 Å². The Balaban J connectivity index is 1.72. The Kier molecular flexibility index (Phi) is 5.28. The molecule has 0 saturated heterocycles. The molecule has 7 nitrogen and oxygen atoms in total. The molecule has 0 atom stereocenters. The van der Waals surface area contributed by atoms with E-state index in [2.05, 4.69) is 15.0 Å². The molecule has 3 aromatic rings. The molecular formula is C20H20F3N5O2S. The Morgan fingerprint density at radius 1 is 1.06 bits per heavy atom. The van der Waals surface area contributed by atoms with Crippen LogP contribution >= 0.6 is 0 Å². The summed E-state index contributed by atoms with van der Waals surface area (Å²) in [7, 11) is -0.409. The molecule has 1 aliphatic heterocycles. The molecule has 0 fully saturated rings. The fraction of sp³-hybridized carbons (Fsp3) is 0.250. The lowest BCUT2D eigenvalue weighted by Crippen LogP contribution is -2.34. The second-order valence-corrected chi connectivity index (χ2v) is 9.14. The summed E-state index contributed by atoms with van der Waals surface area (Å²) in [5, 5.41) is 3.16. The average Bonchev–Trinajstić information content (AvgIpc) is 3.33. The summed E-state index contributed by atoms with van der Waals surface area (Å²) >= 11 is 0. The summed E-state index contributed by atoms with van der Waals surface area (Å²) in [5.41, 5.74) is 3.41. The monoisotopic (exact) mass is 451 g/mol. The van der Waals surface area contributed by atoms with Gasteiger partial charge in [0.25, 0.3) is 10.2 Å².